The molecular weight excluding hydrogens is 390 g/mol. The molecule has 3 fully saturated rings. The molecule has 3 aliphatic rings. The molecule has 160 valence electrons. The molecule has 0 aromatic carbocycles. The normalized spacial score (nSPS) is 28.0. The van der Waals surface area contributed by atoms with E-state index in [0.717, 1.165) is 6.54 Å². The second-order valence-corrected chi connectivity index (χ2v) is 10.8. The lowest BCUT2D eigenvalue weighted by Crippen LogP contribution is -2.48. The predicted octanol–water partition coefficient (Wildman–Crippen LogP) is 1.26. The SMILES string of the molecule is CCCS(=O)(=O)N1CCC[C@]2(C(=O)NCC3CC3)CN(c3ncccn3)C[C@@H]2C1. The maximum Gasteiger partial charge on any atom is 0.228 e. The van der Waals surface area contributed by atoms with Gasteiger partial charge in [0.25, 0.3) is 0 Å². The highest BCUT2D eigenvalue weighted by atomic mass is 32.2. The second kappa shape index (κ2) is 8.18. The Kier molecular flexibility index (Phi) is 5.79. The van der Waals surface area contributed by atoms with E-state index in [1.54, 1.807) is 22.8 Å². The van der Waals surface area contributed by atoms with Crippen LogP contribution in [0.5, 0.6) is 0 Å². The highest BCUT2D eigenvalue weighted by molar-refractivity contribution is 7.89. The Hall–Kier alpha value is -1.74. The monoisotopic (exact) mass is 421 g/mol. The van der Waals surface area contributed by atoms with Gasteiger partial charge in [0.05, 0.1) is 11.2 Å². The molecule has 1 aliphatic carbocycles. The molecule has 4 rings (SSSR count). The molecule has 2 atom stereocenters. The number of aromatic nitrogens is 2. The third-order valence-corrected chi connectivity index (χ3v) is 8.58. The van der Waals surface area contributed by atoms with E-state index in [0.29, 0.717) is 57.3 Å². The van der Waals surface area contributed by atoms with Gasteiger partial charge in [0.2, 0.25) is 21.9 Å². The molecular formula is C20H31N5O3S. The molecule has 1 N–H and O–H groups in total. The zero-order valence-electron chi connectivity index (χ0n) is 17.1. The minimum absolute atomic E-state index is 0.0698. The van der Waals surface area contributed by atoms with Crippen molar-refractivity contribution in [1.82, 2.24) is 19.6 Å². The van der Waals surface area contributed by atoms with Crippen molar-refractivity contribution < 1.29 is 13.2 Å². The summed E-state index contributed by atoms with van der Waals surface area (Å²) in [5.74, 6) is 1.38. The van der Waals surface area contributed by atoms with Crippen molar-refractivity contribution in [3.8, 4) is 0 Å². The summed E-state index contributed by atoms with van der Waals surface area (Å²) in [6.45, 7) is 4.64. The van der Waals surface area contributed by atoms with Crippen LogP contribution in [0.1, 0.15) is 39.0 Å². The van der Waals surface area contributed by atoms with Crippen LogP contribution in [-0.2, 0) is 14.8 Å². The van der Waals surface area contributed by atoms with E-state index >= 15 is 0 Å². The van der Waals surface area contributed by atoms with Crippen LogP contribution in [0.3, 0.4) is 0 Å². The lowest BCUT2D eigenvalue weighted by Gasteiger charge is -2.32. The molecule has 0 spiro atoms. The average Bonchev–Trinajstić information content (AvgIpc) is 3.50. The van der Waals surface area contributed by atoms with Gasteiger partial charge in [-0.05, 0) is 44.1 Å². The zero-order valence-corrected chi connectivity index (χ0v) is 17.9. The van der Waals surface area contributed by atoms with E-state index in [1.165, 1.54) is 12.8 Å². The Morgan fingerprint density at radius 2 is 2.03 bits per heavy atom. The summed E-state index contributed by atoms with van der Waals surface area (Å²) in [6.07, 6.45) is 7.76. The van der Waals surface area contributed by atoms with Crippen molar-refractivity contribution >= 4 is 21.9 Å². The zero-order chi connectivity index (χ0) is 20.5. The summed E-state index contributed by atoms with van der Waals surface area (Å²) in [5, 5.41) is 3.18. The van der Waals surface area contributed by atoms with Crippen molar-refractivity contribution in [1.29, 1.82) is 0 Å². The van der Waals surface area contributed by atoms with Crippen molar-refractivity contribution in [2.75, 3.05) is 43.4 Å². The summed E-state index contributed by atoms with van der Waals surface area (Å²) in [4.78, 5) is 24.2. The van der Waals surface area contributed by atoms with Gasteiger partial charge >= 0.3 is 0 Å². The van der Waals surface area contributed by atoms with E-state index in [-0.39, 0.29) is 17.6 Å². The molecule has 1 saturated carbocycles. The first-order chi connectivity index (χ1) is 13.9. The Bertz CT molecular complexity index is 830. The molecule has 0 unspecified atom stereocenters. The quantitative estimate of drug-likeness (QED) is 0.712. The first-order valence-corrected chi connectivity index (χ1v) is 12.3. The number of hydrogen-bond donors (Lipinski definition) is 1. The topological polar surface area (TPSA) is 95.5 Å². The second-order valence-electron chi connectivity index (χ2n) is 8.71. The van der Waals surface area contributed by atoms with Crippen LogP contribution in [0.4, 0.5) is 5.95 Å². The van der Waals surface area contributed by atoms with Crippen LogP contribution in [0.15, 0.2) is 18.5 Å². The number of anilines is 1. The van der Waals surface area contributed by atoms with Crippen molar-refractivity contribution in [2.24, 2.45) is 17.3 Å². The summed E-state index contributed by atoms with van der Waals surface area (Å²) in [5.41, 5.74) is -0.593. The highest BCUT2D eigenvalue weighted by Crippen LogP contribution is 2.44. The molecule has 2 aliphatic heterocycles. The summed E-state index contributed by atoms with van der Waals surface area (Å²) >= 11 is 0. The smallest absolute Gasteiger partial charge is 0.228 e. The number of amides is 1. The van der Waals surface area contributed by atoms with Gasteiger partial charge in [-0.2, -0.15) is 0 Å². The maximum absolute atomic E-state index is 13.4. The van der Waals surface area contributed by atoms with E-state index < -0.39 is 15.4 Å². The van der Waals surface area contributed by atoms with Gasteiger partial charge < -0.3 is 10.2 Å². The highest BCUT2D eigenvalue weighted by Gasteiger charge is 2.54. The molecule has 0 bridgehead atoms. The standard InChI is InChI=1S/C20H31N5O3S/c1-2-11-29(27,28)25-10-3-7-20(18(26)23-12-16-5-6-16)15-24(13-17(20)14-25)19-21-8-4-9-22-19/h4,8-9,16-17H,2-3,5-7,10-15H2,1H3,(H,23,26)/t17-,20+/m1/s1. The Morgan fingerprint density at radius 1 is 1.28 bits per heavy atom. The summed E-state index contributed by atoms with van der Waals surface area (Å²) in [6, 6.07) is 1.77. The number of rotatable bonds is 7. The van der Waals surface area contributed by atoms with Gasteiger partial charge in [0.15, 0.2) is 0 Å². The van der Waals surface area contributed by atoms with Crippen molar-refractivity contribution in [3.05, 3.63) is 18.5 Å². The van der Waals surface area contributed by atoms with Crippen molar-refractivity contribution in [3.63, 3.8) is 0 Å². The van der Waals surface area contributed by atoms with Crippen LogP contribution in [0.2, 0.25) is 0 Å². The van der Waals surface area contributed by atoms with E-state index in [1.807, 2.05) is 6.92 Å². The maximum atomic E-state index is 13.4. The lowest BCUT2D eigenvalue weighted by atomic mass is 9.74. The Labute approximate surface area is 173 Å². The van der Waals surface area contributed by atoms with Gasteiger partial charge in [-0.1, -0.05) is 6.92 Å². The number of carbonyl (C=O) groups is 1. The van der Waals surface area contributed by atoms with Gasteiger partial charge in [0, 0.05) is 51.0 Å². The van der Waals surface area contributed by atoms with Gasteiger partial charge in [-0.15, -0.1) is 0 Å². The summed E-state index contributed by atoms with van der Waals surface area (Å²) < 4.78 is 27.1. The largest absolute Gasteiger partial charge is 0.355 e. The van der Waals surface area contributed by atoms with Crippen molar-refractivity contribution in [2.45, 2.75) is 39.0 Å². The van der Waals surface area contributed by atoms with Crippen LogP contribution in [0.25, 0.3) is 0 Å². The molecule has 8 nitrogen and oxygen atoms in total. The number of fused-ring (bicyclic) bond motifs is 1. The fraction of sp³-hybridized carbons (Fsp3) is 0.750. The number of nitrogens with one attached hydrogen (secondary N) is 1. The minimum Gasteiger partial charge on any atom is -0.355 e. The molecule has 1 aromatic heterocycles. The number of nitrogens with zero attached hydrogens (tertiary/aromatic N) is 4. The number of sulfonamides is 1. The van der Waals surface area contributed by atoms with Crippen LogP contribution in [0, 0.1) is 17.3 Å². The minimum atomic E-state index is -3.29. The average molecular weight is 422 g/mol. The predicted molar refractivity (Wildman–Crippen MR) is 111 cm³/mol. The Balaban J connectivity index is 1.60. The fourth-order valence-corrected chi connectivity index (χ4v) is 6.34. The fourth-order valence-electron chi connectivity index (χ4n) is 4.75. The molecule has 9 heteroatoms. The molecule has 2 saturated heterocycles. The molecule has 0 radical (unpaired) electrons. The third kappa shape index (κ3) is 4.26. The van der Waals surface area contributed by atoms with Gasteiger partial charge in [-0.25, -0.2) is 22.7 Å². The van der Waals surface area contributed by atoms with E-state index in [2.05, 4.69) is 20.2 Å². The number of hydrogen-bond acceptors (Lipinski definition) is 6. The number of carbonyl (C=O) groups excluding carboxylic acids is 1. The van der Waals surface area contributed by atoms with Crippen LogP contribution >= 0.6 is 0 Å². The first-order valence-electron chi connectivity index (χ1n) is 10.7. The van der Waals surface area contributed by atoms with Gasteiger partial charge in [0.1, 0.15) is 0 Å². The first kappa shape index (κ1) is 20.5. The molecule has 1 aromatic rings. The van der Waals surface area contributed by atoms with Crippen LogP contribution < -0.4 is 10.2 Å². The molecule has 1 amide bonds. The molecule has 3 heterocycles. The lowest BCUT2D eigenvalue weighted by molar-refractivity contribution is -0.132. The van der Waals surface area contributed by atoms with E-state index in [9.17, 15) is 13.2 Å². The van der Waals surface area contributed by atoms with E-state index in [4.69, 9.17) is 0 Å². The third-order valence-electron chi connectivity index (χ3n) is 6.54. The molecule has 29 heavy (non-hydrogen) atoms. The summed E-state index contributed by atoms with van der Waals surface area (Å²) in [7, 11) is -3.29. The Morgan fingerprint density at radius 3 is 2.72 bits per heavy atom. The van der Waals surface area contributed by atoms with Crippen LogP contribution in [-0.4, -0.2) is 67.1 Å². The van der Waals surface area contributed by atoms with Gasteiger partial charge in [-0.3, -0.25) is 4.79 Å².